The lowest BCUT2D eigenvalue weighted by Crippen LogP contribution is -2.33. The van der Waals surface area contributed by atoms with Gasteiger partial charge in [0.05, 0.1) is 5.56 Å². The number of alkyl halides is 3. The molecule has 28 heavy (non-hydrogen) atoms. The topological polar surface area (TPSA) is 58.1 Å². The van der Waals surface area contributed by atoms with Gasteiger partial charge in [-0.25, -0.2) is 9.97 Å². The number of hydrogen-bond acceptors (Lipinski definition) is 4. The zero-order chi connectivity index (χ0) is 20.3. The number of nitrogens with one attached hydrogen (secondary N) is 1. The summed E-state index contributed by atoms with van der Waals surface area (Å²) in [6.45, 7) is 0.429. The molecule has 0 atom stereocenters. The summed E-state index contributed by atoms with van der Waals surface area (Å²) in [5.41, 5.74) is -1.36. The van der Waals surface area contributed by atoms with E-state index >= 15 is 0 Å². The minimum absolute atomic E-state index is 0.260. The molecule has 5 nitrogen and oxygen atoms in total. The van der Waals surface area contributed by atoms with Crippen LogP contribution in [-0.2, 0) is 6.18 Å². The monoisotopic (exact) mass is 412 g/mol. The average molecular weight is 413 g/mol. The zero-order valence-electron chi connectivity index (χ0n) is 15.3. The number of amides is 1. The molecule has 0 spiro atoms. The molecule has 1 aromatic heterocycles. The SMILES string of the molecule is CN(CC1CCCC1)C(=O)c1cnc(Nc2cccc(Cl)c2)nc1C(F)(F)F. The van der Waals surface area contributed by atoms with Gasteiger partial charge in [0.25, 0.3) is 5.91 Å². The number of nitrogens with zero attached hydrogens (tertiary/aromatic N) is 3. The van der Waals surface area contributed by atoms with Gasteiger partial charge in [-0.15, -0.1) is 0 Å². The number of rotatable bonds is 5. The van der Waals surface area contributed by atoms with E-state index in [4.69, 9.17) is 11.6 Å². The first-order chi connectivity index (χ1) is 13.2. The van der Waals surface area contributed by atoms with Crippen LogP contribution in [0, 0.1) is 5.92 Å². The van der Waals surface area contributed by atoms with Crippen molar-refractivity contribution >= 4 is 29.1 Å². The Hall–Kier alpha value is -2.35. The molecule has 0 bridgehead atoms. The molecule has 1 heterocycles. The molecule has 3 rings (SSSR count). The second-order valence-corrected chi connectivity index (χ2v) is 7.36. The van der Waals surface area contributed by atoms with Crippen LogP contribution in [0.2, 0.25) is 5.02 Å². The van der Waals surface area contributed by atoms with Crippen molar-refractivity contribution in [2.75, 3.05) is 18.9 Å². The molecule has 9 heteroatoms. The Bertz CT molecular complexity index is 853. The number of anilines is 2. The van der Waals surface area contributed by atoms with Gasteiger partial charge in [0.2, 0.25) is 5.95 Å². The summed E-state index contributed by atoms with van der Waals surface area (Å²) in [6.07, 6.45) is 0.301. The quantitative estimate of drug-likeness (QED) is 0.737. The maximum Gasteiger partial charge on any atom is 0.434 e. The van der Waals surface area contributed by atoms with E-state index in [1.54, 1.807) is 18.2 Å². The van der Waals surface area contributed by atoms with Crippen molar-refractivity contribution in [3.05, 3.63) is 46.7 Å². The lowest BCUT2D eigenvalue weighted by Gasteiger charge is -2.22. The molecule has 1 saturated carbocycles. The molecule has 1 aliphatic carbocycles. The molecule has 0 saturated heterocycles. The summed E-state index contributed by atoms with van der Waals surface area (Å²) in [6, 6.07) is 6.44. The summed E-state index contributed by atoms with van der Waals surface area (Å²) in [4.78, 5) is 21.4. The van der Waals surface area contributed by atoms with Crippen molar-refractivity contribution < 1.29 is 18.0 Å². The molecular weight excluding hydrogens is 393 g/mol. The van der Waals surface area contributed by atoms with Gasteiger partial charge in [0.1, 0.15) is 0 Å². The van der Waals surface area contributed by atoms with Gasteiger partial charge in [-0.3, -0.25) is 4.79 Å². The lowest BCUT2D eigenvalue weighted by atomic mass is 10.1. The molecule has 1 N–H and O–H groups in total. The smallest absolute Gasteiger partial charge is 0.341 e. The number of benzene rings is 1. The summed E-state index contributed by atoms with van der Waals surface area (Å²) in [7, 11) is 1.51. The van der Waals surface area contributed by atoms with Gasteiger partial charge in [0.15, 0.2) is 5.69 Å². The number of halogens is 4. The van der Waals surface area contributed by atoms with E-state index in [1.807, 2.05) is 0 Å². The van der Waals surface area contributed by atoms with E-state index in [-0.39, 0.29) is 5.95 Å². The predicted molar refractivity (Wildman–Crippen MR) is 101 cm³/mol. The standard InChI is InChI=1S/C19H20ClF3N4O/c1-27(11-12-5-2-3-6-12)17(28)15-10-24-18(26-16(15)19(21,22)23)25-14-8-4-7-13(20)9-14/h4,7-10,12H,2-3,5-6,11H2,1H3,(H,24,25,26). The van der Waals surface area contributed by atoms with Crippen molar-refractivity contribution in [3.8, 4) is 0 Å². The first-order valence-electron chi connectivity index (χ1n) is 8.96. The van der Waals surface area contributed by atoms with Crippen LogP contribution in [0.5, 0.6) is 0 Å². The molecule has 1 aliphatic rings. The van der Waals surface area contributed by atoms with E-state index in [1.165, 1.54) is 18.0 Å². The highest BCUT2D eigenvalue weighted by Crippen LogP contribution is 2.32. The van der Waals surface area contributed by atoms with Gasteiger partial charge in [-0.05, 0) is 37.0 Å². The molecule has 0 radical (unpaired) electrons. The first kappa shape index (κ1) is 20.4. The Morgan fingerprint density at radius 3 is 2.68 bits per heavy atom. The van der Waals surface area contributed by atoms with Crippen LogP contribution in [0.15, 0.2) is 30.5 Å². The maximum atomic E-state index is 13.5. The first-order valence-corrected chi connectivity index (χ1v) is 9.34. The fraction of sp³-hybridized carbons (Fsp3) is 0.421. The number of aromatic nitrogens is 2. The third-order valence-corrected chi connectivity index (χ3v) is 4.96. The largest absolute Gasteiger partial charge is 0.434 e. The van der Waals surface area contributed by atoms with Crippen LogP contribution in [0.4, 0.5) is 24.8 Å². The molecule has 1 aromatic carbocycles. The van der Waals surface area contributed by atoms with E-state index in [2.05, 4.69) is 15.3 Å². The highest BCUT2D eigenvalue weighted by molar-refractivity contribution is 6.30. The summed E-state index contributed by atoms with van der Waals surface area (Å²) < 4.78 is 40.6. The van der Waals surface area contributed by atoms with Gasteiger partial charge in [-0.2, -0.15) is 13.2 Å². The second-order valence-electron chi connectivity index (χ2n) is 6.93. The van der Waals surface area contributed by atoms with Crippen molar-refractivity contribution in [3.63, 3.8) is 0 Å². The van der Waals surface area contributed by atoms with Crippen molar-refractivity contribution in [1.82, 2.24) is 14.9 Å². The number of carbonyl (C=O) groups is 1. The third kappa shape index (κ3) is 4.92. The molecule has 2 aromatic rings. The average Bonchev–Trinajstić information content (AvgIpc) is 3.13. The fourth-order valence-corrected chi connectivity index (χ4v) is 3.57. The highest BCUT2D eigenvalue weighted by Gasteiger charge is 2.39. The zero-order valence-corrected chi connectivity index (χ0v) is 16.0. The van der Waals surface area contributed by atoms with Crippen LogP contribution < -0.4 is 5.32 Å². The van der Waals surface area contributed by atoms with Crippen LogP contribution in [0.25, 0.3) is 0 Å². The second kappa shape index (κ2) is 8.34. The van der Waals surface area contributed by atoms with Crippen LogP contribution in [0.1, 0.15) is 41.7 Å². The van der Waals surface area contributed by atoms with Crippen LogP contribution in [0.3, 0.4) is 0 Å². The van der Waals surface area contributed by atoms with E-state index in [0.29, 0.717) is 23.2 Å². The van der Waals surface area contributed by atoms with Gasteiger partial charge in [-0.1, -0.05) is 30.5 Å². The molecule has 0 aliphatic heterocycles. The van der Waals surface area contributed by atoms with E-state index < -0.39 is 23.3 Å². The molecule has 1 amide bonds. The minimum atomic E-state index is -4.78. The van der Waals surface area contributed by atoms with Crippen molar-refractivity contribution in [2.45, 2.75) is 31.9 Å². The van der Waals surface area contributed by atoms with Gasteiger partial charge >= 0.3 is 6.18 Å². The van der Waals surface area contributed by atoms with Crippen LogP contribution >= 0.6 is 11.6 Å². The van der Waals surface area contributed by atoms with Crippen molar-refractivity contribution in [1.29, 1.82) is 0 Å². The predicted octanol–water partition coefficient (Wildman–Crippen LogP) is 5.15. The lowest BCUT2D eigenvalue weighted by molar-refractivity contribution is -0.141. The Morgan fingerprint density at radius 2 is 2.04 bits per heavy atom. The Labute approximate surface area is 165 Å². The summed E-state index contributed by atoms with van der Waals surface area (Å²) in [5.74, 6) is -0.661. The third-order valence-electron chi connectivity index (χ3n) is 4.72. The molecule has 150 valence electrons. The number of hydrogen-bond donors (Lipinski definition) is 1. The van der Waals surface area contributed by atoms with Crippen molar-refractivity contribution in [2.24, 2.45) is 5.92 Å². The maximum absolute atomic E-state index is 13.5. The Morgan fingerprint density at radius 1 is 1.32 bits per heavy atom. The van der Waals surface area contributed by atoms with Crippen LogP contribution in [-0.4, -0.2) is 34.4 Å². The fourth-order valence-electron chi connectivity index (χ4n) is 3.38. The Balaban J connectivity index is 1.85. The Kier molecular flexibility index (Phi) is 6.07. The molecular formula is C19H20ClF3N4O. The number of carbonyl (C=O) groups excluding carboxylic acids is 1. The van der Waals surface area contributed by atoms with Gasteiger partial charge in [0, 0.05) is 30.5 Å². The minimum Gasteiger partial charge on any atom is -0.341 e. The van der Waals surface area contributed by atoms with Gasteiger partial charge < -0.3 is 10.2 Å². The normalized spacial score (nSPS) is 14.9. The summed E-state index contributed by atoms with van der Waals surface area (Å²) >= 11 is 5.88. The molecule has 1 fully saturated rings. The summed E-state index contributed by atoms with van der Waals surface area (Å²) in [5, 5.41) is 3.10. The highest BCUT2D eigenvalue weighted by atomic mass is 35.5. The van der Waals surface area contributed by atoms with E-state index in [9.17, 15) is 18.0 Å². The van der Waals surface area contributed by atoms with E-state index in [0.717, 1.165) is 31.9 Å². The molecule has 0 unspecified atom stereocenters.